The highest BCUT2D eigenvalue weighted by molar-refractivity contribution is 6.04. The van der Waals surface area contributed by atoms with Gasteiger partial charge in [0.25, 0.3) is 0 Å². The van der Waals surface area contributed by atoms with E-state index in [1.807, 2.05) is 19.9 Å². The van der Waals surface area contributed by atoms with Crippen LogP contribution < -0.4 is 5.32 Å². The second-order valence-electron chi connectivity index (χ2n) is 4.80. The number of aromatic nitrogens is 1. The van der Waals surface area contributed by atoms with E-state index in [2.05, 4.69) is 10.3 Å². The molecule has 1 atom stereocenters. The minimum atomic E-state index is -0.579. The highest BCUT2D eigenvalue weighted by atomic mass is 16.2. The van der Waals surface area contributed by atoms with Crippen LogP contribution in [0.5, 0.6) is 0 Å². The lowest BCUT2D eigenvalue weighted by molar-refractivity contribution is -0.149. The summed E-state index contributed by atoms with van der Waals surface area (Å²) in [4.78, 5) is 41.0. The molecule has 1 saturated heterocycles. The van der Waals surface area contributed by atoms with Gasteiger partial charge in [-0.1, -0.05) is 13.0 Å². The molecule has 1 fully saturated rings. The van der Waals surface area contributed by atoms with E-state index >= 15 is 0 Å². The zero-order valence-electron chi connectivity index (χ0n) is 11.5. The maximum absolute atomic E-state index is 12.3. The van der Waals surface area contributed by atoms with E-state index in [4.69, 9.17) is 0 Å². The number of nitrogens with zero attached hydrogens (tertiary/aromatic N) is 2. The number of hydrogen-bond acceptors (Lipinski definition) is 4. The Morgan fingerprint density at radius 2 is 2.25 bits per heavy atom. The first-order chi connectivity index (χ1) is 9.52. The van der Waals surface area contributed by atoms with Crippen LogP contribution in [0, 0.1) is 6.92 Å². The zero-order valence-corrected chi connectivity index (χ0v) is 11.5. The summed E-state index contributed by atoms with van der Waals surface area (Å²) in [6, 6.07) is 3.10. The summed E-state index contributed by atoms with van der Waals surface area (Å²) in [6.45, 7) is 3.61. The number of pyridine rings is 1. The van der Waals surface area contributed by atoms with E-state index in [1.165, 1.54) is 4.90 Å². The molecule has 3 amide bonds. The standard InChI is InChI=1S/C14H17N3O3/c1-3-11-14(20)16-12(18)8-17(11)13(19)7-10-9(2)5-4-6-15-10/h4-6,11H,3,7-8H2,1-2H3,(H,16,18,20). The molecule has 1 aromatic heterocycles. The molecular weight excluding hydrogens is 258 g/mol. The van der Waals surface area contributed by atoms with Gasteiger partial charge in [0.2, 0.25) is 17.7 Å². The Kier molecular flexibility index (Phi) is 4.12. The van der Waals surface area contributed by atoms with Gasteiger partial charge >= 0.3 is 0 Å². The quantitative estimate of drug-likeness (QED) is 0.799. The lowest BCUT2D eigenvalue weighted by Gasteiger charge is -2.33. The smallest absolute Gasteiger partial charge is 0.249 e. The van der Waals surface area contributed by atoms with Gasteiger partial charge in [0.15, 0.2) is 0 Å². The molecule has 1 unspecified atom stereocenters. The lowest BCUT2D eigenvalue weighted by Crippen LogP contribution is -2.59. The van der Waals surface area contributed by atoms with Crippen LogP contribution in [0.15, 0.2) is 18.3 Å². The van der Waals surface area contributed by atoms with Crippen molar-refractivity contribution in [1.82, 2.24) is 15.2 Å². The third kappa shape index (κ3) is 2.84. The van der Waals surface area contributed by atoms with E-state index < -0.39 is 17.9 Å². The van der Waals surface area contributed by atoms with Gasteiger partial charge in [-0.3, -0.25) is 24.7 Å². The van der Waals surface area contributed by atoms with Crippen molar-refractivity contribution in [2.45, 2.75) is 32.7 Å². The lowest BCUT2D eigenvalue weighted by atomic mass is 10.1. The first kappa shape index (κ1) is 14.2. The van der Waals surface area contributed by atoms with Crippen molar-refractivity contribution in [3.05, 3.63) is 29.6 Å². The van der Waals surface area contributed by atoms with Crippen LogP contribution in [-0.4, -0.2) is 40.2 Å². The van der Waals surface area contributed by atoms with Crippen LogP contribution in [-0.2, 0) is 20.8 Å². The average molecular weight is 275 g/mol. The topological polar surface area (TPSA) is 79.4 Å². The largest absolute Gasteiger partial charge is 0.321 e. The molecule has 1 N–H and O–H groups in total. The fraction of sp³-hybridized carbons (Fsp3) is 0.429. The molecule has 0 aliphatic carbocycles. The normalized spacial score (nSPS) is 18.9. The molecular formula is C14H17N3O3. The molecule has 6 heteroatoms. The molecule has 20 heavy (non-hydrogen) atoms. The summed E-state index contributed by atoms with van der Waals surface area (Å²) >= 11 is 0. The highest BCUT2D eigenvalue weighted by Crippen LogP contribution is 2.13. The number of carbonyl (C=O) groups is 3. The third-order valence-corrected chi connectivity index (χ3v) is 3.40. The van der Waals surface area contributed by atoms with E-state index in [-0.39, 0.29) is 18.9 Å². The SMILES string of the molecule is CCC1C(=O)NC(=O)CN1C(=O)Cc1ncccc1C. The van der Waals surface area contributed by atoms with Crippen molar-refractivity contribution < 1.29 is 14.4 Å². The van der Waals surface area contributed by atoms with Crippen LogP contribution in [0.3, 0.4) is 0 Å². The number of amides is 3. The Morgan fingerprint density at radius 1 is 1.50 bits per heavy atom. The average Bonchev–Trinajstić information content (AvgIpc) is 2.40. The maximum atomic E-state index is 12.3. The molecule has 0 spiro atoms. The highest BCUT2D eigenvalue weighted by Gasteiger charge is 2.35. The van der Waals surface area contributed by atoms with Gasteiger partial charge in [0.05, 0.1) is 12.1 Å². The summed E-state index contributed by atoms with van der Waals surface area (Å²) in [5.74, 6) is -1.09. The van der Waals surface area contributed by atoms with E-state index in [0.29, 0.717) is 12.1 Å². The Hall–Kier alpha value is -2.24. The molecule has 0 aromatic carbocycles. The molecule has 1 aliphatic heterocycles. The fourth-order valence-electron chi connectivity index (χ4n) is 2.28. The van der Waals surface area contributed by atoms with Crippen LogP contribution in [0.1, 0.15) is 24.6 Å². The summed E-state index contributed by atoms with van der Waals surface area (Å²) in [6.07, 6.45) is 2.21. The number of piperazine rings is 1. The Bertz CT molecular complexity index is 556. The molecule has 106 valence electrons. The summed E-state index contributed by atoms with van der Waals surface area (Å²) in [5, 5.41) is 2.25. The second kappa shape index (κ2) is 5.81. The van der Waals surface area contributed by atoms with Crippen molar-refractivity contribution >= 4 is 17.7 Å². The molecule has 0 saturated carbocycles. The number of carbonyl (C=O) groups excluding carboxylic acids is 3. The predicted molar refractivity (Wildman–Crippen MR) is 71.6 cm³/mol. The number of hydrogen-bond donors (Lipinski definition) is 1. The van der Waals surface area contributed by atoms with Gasteiger partial charge < -0.3 is 4.90 Å². The van der Waals surface area contributed by atoms with Gasteiger partial charge in [-0.2, -0.15) is 0 Å². The van der Waals surface area contributed by atoms with Gasteiger partial charge in [0.1, 0.15) is 12.6 Å². The van der Waals surface area contributed by atoms with Crippen molar-refractivity contribution in [2.75, 3.05) is 6.54 Å². The van der Waals surface area contributed by atoms with Crippen molar-refractivity contribution in [3.63, 3.8) is 0 Å². The predicted octanol–water partition coefficient (Wildman–Crippen LogP) is 0.196. The summed E-state index contributed by atoms with van der Waals surface area (Å²) in [5.41, 5.74) is 1.59. The zero-order chi connectivity index (χ0) is 14.7. The van der Waals surface area contributed by atoms with Crippen molar-refractivity contribution in [3.8, 4) is 0 Å². The Balaban J connectivity index is 2.16. The molecule has 2 rings (SSSR count). The van der Waals surface area contributed by atoms with E-state index in [9.17, 15) is 14.4 Å². The maximum Gasteiger partial charge on any atom is 0.249 e. The first-order valence-corrected chi connectivity index (χ1v) is 6.56. The molecule has 2 heterocycles. The number of rotatable bonds is 3. The number of nitrogens with one attached hydrogen (secondary N) is 1. The van der Waals surface area contributed by atoms with E-state index in [1.54, 1.807) is 12.3 Å². The van der Waals surface area contributed by atoms with Crippen LogP contribution >= 0.6 is 0 Å². The molecule has 0 bridgehead atoms. The molecule has 1 aromatic rings. The number of aryl methyl sites for hydroxylation is 1. The van der Waals surface area contributed by atoms with Crippen LogP contribution in [0.2, 0.25) is 0 Å². The fourth-order valence-corrected chi connectivity index (χ4v) is 2.28. The van der Waals surface area contributed by atoms with E-state index in [0.717, 1.165) is 5.56 Å². The van der Waals surface area contributed by atoms with Crippen LogP contribution in [0.25, 0.3) is 0 Å². The van der Waals surface area contributed by atoms with Gasteiger partial charge in [-0.25, -0.2) is 0 Å². The van der Waals surface area contributed by atoms with Gasteiger partial charge in [-0.05, 0) is 25.0 Å². The second-order valence-corrected chi connectivity index (χ2v) is 4.80. The molecule has 1 aliphatic rings. The third-order valence-electron chi connectivity index (χ3n) is 3.40. The van der Waals surface area contributed by atoms with Crippen molar-refractivity contribution in [2.24, 2.45) is 0 Å². The number of imide groups is 1. The van der Waals surface area contributed by atoms with Gasteiger partial charge in [-0.15, -0.1) is 0 Å². The monoisotopic (exact) mass is 275 g/mol. The molecule has 6 nitrogen and oxygen atoms in total. The Morgan fingerprint density at radius 3 is 2.90 bits per heavy atom. The first-order valence-electron chi connectivity index (χ1n) is 6.56. The van der Waals surface area contributed by atoms with Gasteiger partial charge in [0, 0.05) is 6.20 Å². The minimum absolute atomic E-state index is 0.0744. The summed E-state index contributed by atoms with van der Waals surface area (Å²) in [7, 11) is 0. The van der Waals surface area contributed by atoms with Crippen molar-refractivity contribution in [1.29, 1.82) is 0 Å². The summed E-state index contributed by atoms with van der Waals surface area (Å²) < 4.78 is 0. The molecule has 0 radical (unpaired) electrons. The minimum Gasteiger partial charge on any atom is -0.321 e. The Labute approximate surface area is 117 Å². The van der Waals surface area contributed by atoms with Crippen LogP contribution in [0.4, 0.5) is 0 Å².